The first-order chi connectivity index (χ1) is 19.1. The van der Waals surface area contributed by atoms with Gasteiger partial charge in [-0.3, -0.25) is 4.90 Å². The number of morpholine rings is 1. The Hall–Kier alpha value is -3.94. The molecule has 0 spiro atoms. The molecule has 2 saturated heterocycles. The fraction of sp³-hybridized carbons (Fsp3) is 0.423. The van der Waals surface area contributed by atoms with E-state index in [1.165, 1.54) is 10.6 Å². The summed E-state index contributed by atoms with van der Waals surface area (Å²) in [6.45, 7) is 7.14. The van der Waals surface area contributed by atoms with Gasteiger partial charge in [-0.2, -0.15) is 19.6 Å². The number of ether oxygens (including phenoxy) is 2. The Morgan fingerprint density at radius 3 is 2.82 bits per heavy atom. The number of nitrogens with one attached hydrogen (secondary N) is 2. The number of piperazine rings is 1. The molecule has 0 aliphatic carbocycles. The summed E-state index contributed by atoms with van der Waals surface area (Å²) in [6, 6.07) is 10.7. The van der Waals surface area contributed by atoms with E-state index in [9.17, 15) is 4.39 Å². The van der Waals surface area contributed by atoms with Crippen LogP contribution in [0.5, 0.6) is 5.75 Å². The minimum absolute atomic E-state index is 0.127. The van der Waals surface area contributed by atoms with Crippen molar-refractivity contribution in [3.63, 3.8) is 0 Å². The van der Waals surface area contributed by atoms with E-state index < -0.39 is 0 Å². The van der Waals surface area contributed by atoms with Gasteiger partial charge in [-0.1, -0.05) is 0 Å². The summed E-state index contributed by atoms with van der Waals surface area (Å²) in [4.78, 5) is 13.3. The van der Waals surface area contributed by atoms with Gasteiger partial charge in [0.25, 0.3) is 0 Å². The maximum absolute atomic E-state index is 14.9. The third-order valence-corrected chi connectivity index (χ3v) is 6.91. The molecule has 1 aromatic carbocycles. The Morgan fingerprint density at radius 1 is 1.15 bits per heavy atom. The van der Waals surface area contributed by atoms with E-state index in [0.717, 1.165) is 39.3 Å². The van der Waals surface area contributed by atoms with Gasteiger partial charge >= 0.3 is 0 Å². The molecule has 12 nitrogen and oxygen atoms in total. The maximum Gasteiger partial charge on any atom is 0.228 e. The Morgan fingerprint density at radius 2 is 2.05 bits per heavy atom. The molecule has 39 heavy (non-hydrogen) atoms. The quantitative estimate of drug-likeness (QED) is 0.288. The summed E-state index contributed by atoms with van der Waals surface area (Å²) < 4.78 is 33.0. The zero-order valence-electron chi connectivity index (χ0n) is 21.6. The molecule has 1 atom stereocenters. The summed E-state index contributed by atoms with van der Waals surface area (Å²) in [6.07, 6.45) is 1.59. The Labute approximate surface area is 224 Å². The van der Waals surface area contributed by atoms with Crippen molar-refractivity contribution in [2.24, 2.45) is 0 Å². The first kappa shape index (κ1) is 25.3. The lowest BCUT2D eigenvalue weighted by Crippen LogP contribution is -2.48. The monoisotopic (exact) mass is 537 g/mol. The second-order valence-electron chi connectivity index (χ2n) is 9.59. The van der Waals surface area contributed by atoms with Crippen molar-refractivity contribution in [2.75, 3.05) is 81.6 Å². The number of halogens is 1. The summed E-state index contributed by atoms with van der Waals surface area (Å²) >= 11 is 0. The van der Waals surface area contributed by atoms with Crippen LogP contribution in [0.2, 0.25) is 0 Å². The molecule has 3 aromatic heterocycles. The number of anilines is 3. The number of aromatic nitrogens is 4. The van der Waals surface area contributed by atoms with Crippen molar-refractivity contribution in [3.8, 4) is 17.2 Å². The SMILES string of the molecule is Nc1nc(NCCN2CCN(c3ccc(OCC4COCCN4)cc3F)CC2)nc2cc(-c3ccco3)nn12. The van der Waals surface area contributed by atoms with Gasteiger partial charge in [-0.15, -0.1) is 0 Å². The van der Waals surface area contributed by atoms with E-state index in [1.807, 2.05) is 18.2 Å². The smallest absolute Gasteiger partial charge is 0.228 e. The van der Waals surface area contributed by atoms with Crippen LogP contribution in [-0.4, -0.2) is 96.2 Å². The van der Waals surface area contributed by atoms with Crippen LogP contribution in [0.25, 0.3) is 17.1 Å². The molecule has 4 N–H and O–H groups in total. The summed E-state index contributed by atoms with van der Waals surface area (Å²) in [5.74, 6) is 1.59. The number of rotatable bonds is 9. The summed E-state index contributed by atoms with van der Waals surface area (Å²) in [7, 11) is 0. The molecule has 6 rings (SSSR count). The van der Waals surface area contributed by atoms with Crippen molar-refractivity contribution in [1.29, 1.82) is 0 Å². The molecule has 0 bridgehead atoms. The first-order valence-electron chi connectivity index (χ1n) is 13.1. The van der Waals surface area contributed by atoms with Crippen LogP contribution in [0, 0.1) is 5.82 Å². The third kappa shape index (κ3) is 5.90. The lowest BCUT2D eigenvalue weighted by molar-refractivity contribution is 0.0592. The number of nitrogens with two attached hydrogens (primary N) is 1. The highest BCUT2D eigenvalue weighted by Crippen LogP contribution is 2.25. The van der Waals surface area contributed by atoms with E-state index in [4.69, 9.17) is 19.6 Å². The molecule has 2 aliphatic rings. The van der Waals surface area contributed by atoms with Crippen molar-refractivity contribution in [2.45, 2.75) is 6.04 Å². The number of nitrogens with zero attached hydrogens (tertiary/aromatic N) is 6. The molecular formula is C26H32FN9O3. The van der Waals surface area contributed by atoms with Gasteiger partial charge in [0.05, 0.1) is 31.2 Å². The van der Waals surface area contributed by atoms with E-state index in [1.54, 1.807) is 18.4 Å². The lowest BCUT2D eigenvalue weighted by Gasteiger charge is -2.36. The normalized spacial score (nSPS) is 18.5. The van der Waals surface area contributed by atoms with Crippen LogP contribution in [-0.2, 0) is 4.74 Å². The number of hydrogen-bond acceptors (Lipinski definition) is 11. The Kier molecular flexibility index (Phi) is 7.43. The highest BCUT2D eigenvalue weighted by Gasteiger charge is 2.20. The maximum atomic E-state index is 14.9. The lowest BCUT2D eigenvalue weighted by atomic mass is 10.2. The predicted octanol–water partition coefficient (Wildman–Crippen LogP) is 1.71. The van der Waals surface area contributed by atoms with E-state index >= 15 is 0 Å². The van der Waals surface area contributed by atoms with Gasteiger partial charge in [-0.05, 0) is 24.3 Å². The topological polar surface area (TPSA) is 131 Å². The van der Waals surface area contributed by atoms with Crippen LogP contribution >= 0.6 is 0 Å². The van der Waals surface area contributed by atoms with Gasteiger partial charge in [-0.25, -0.2) is 4.39 Å². The highest BCUT2D eigenvalue weighted by atomic mass is 19.1. The number of furan rings is 1. The molecule has 13 heteroatoms. The standard InChI is InChI=1S/C26H32FN9O3/c27-20-14-19(39-17-18-16-37-13-6-29-18)3-4-22(20)35-10-8-34(9-11-35)7-5-30-26-31-24-15-21(23-2-1-12-38-23)33-36(24)25(28)32-26/h1-4,12,14-15,18,29H,5-11,13,16-17H2,(H3,28,30,31,32). The van der Waals surface area contributed by atoms with E-state index in [2.05, 4.69) is 35.5 Å². The zero-order valence-corrected chi connectivity index (χ0v) is 21.6. The van der Waals surface area contributed by atoms with E-state index in [0.29, 0.717) is 60.9 Å². The molecular weight excluding hydrogens is 505 g/mol. The molecule has 4 aromatic rings. The average Bonchev–Trinajstić information content (AvgIpc) is 3.64. The summed E-state index contributed by atoms with van der Waals surface area (Å²) in [5, 5.41) is 11.0. The second-order valence-corrected chi connectivity index (χ2v) is 9.59. The largest absolute Gasteiger partial charge is 0.492 e. The fourth-order valence-electron chi connectivity index (χ4n) is 4.83. The minimum Gasteiger partial charge on any atom is -0.492 e. The van der Waals surface area contributed by atoms with Crippen LogP contribution < -0.4 is 26.0 Å². The molecule has 0 amide bonds. The molecule has 5 heterocycles. The molecule has 2 aliphatic heterocycles. The fourth-order valence-corrected chi connectivity index (χ4v) is 4.83. The Balaban J connectivity index is 0.974. The van der Waals surface area contributed by atoms with E-state index in [-0.39, 0.29) is 17.8 Å². The van der Waals surface area contributed by atoms with Gasteiger partial charge in [0, 0.05) is 57.9 Å². The Bertz CT molecular complexity index is 1380. The predicted molar refractivity (Wildman–Crippen MR) is 145 cm³/mol. The van der Waals surface area contributed by atoms with Crippen LogP contribution in [0.1, 0.15) is 0 Å². The van der Waals surface area contributed by atoms with Crippen molar-refractivity contribution in [1.82, 2.24) is 29.8 Å². The molecule has 206 valence electrons. The van der Waals surface area contributed by atoms with Gasteiger partial charge in [0.15, 0.2) is 11.4 Å². The van der Waals surface area contributed by atoms with Crippen LogP contribution in [0.3, 0.4) is 0 Å². The summed E-state index contributed by atoms with van der Waals surface area (Å²) in [5.41, 5.74) is 7.93. The first-order valence-corrected chi connectivity index (χ1v) is 13.1. The van der Waals surface area contributed by atoms with Crippen molar-refractivity contribution in [3.05, 3.63) is 48.5 Å². The molecule has 1 unspecified atom stereocenters. The average molecular weight is 538 g/mol. The highest BCUT2D eigenvalue weighted by molar-refractivity contribution is 5.61. The second kappa shape index (κ2) is 11.4. The molecule has 0 saturated carbocycles. The number of fused-ring (bicyclic) bond motifs is 1. The third-order valence-electron chi connectivity index (χ3n) is 6.91. The van der Waals surface area contributed by atoms with Crippen molar-refractivity contribution >= 4 is 23.2 Å². The molecule has 0 radical (unpaired) electrons. The van der Waals surface area contributed by atoms with Crippen molar-refractivity contribution < 1.29 is 18.3 Å². The number of nitrogen functional groups attached to an aromatic ring is 1. The van der Waals surface area contributed by atoms with Gasteiger partial charge < -0.3 is 35.2 Å². The molecule has 2 fully saturated rings. The number of hydrogen-bond donors (Lipinski definition) is 3. The van der Waals surface area contributed by atoms with Crippen LogP contribution in [0.15, 0.2) is 47.1 Å². The zero-order chi connectivity index (χ0) is 26.6. The minimum atomic E-state index is -0.268. The van der Waals surface area contributed by atoms with Crippen LogP contribution in [0.4, 0.5) is 22.0 Å². The van der Waals surface area contributed by atoms with Gasteiger partial charge in [0.2, 0.25) is 11.9 Å². The van der Waals surface area contributed by atoms with Gasteiger partial charge in [0.1, 0.15) is 23.9 Å². The number of benzene rings is 1.